The average Bonchev–Trinajstić information content (AvgIpc) is 2.79. The minimum Gasteiger partial charge on any atom is -0.444 e. The first-order chi connectivity index (χ1) is 9.95. The molecule has 6 heteroatoms. The first-order valence-corrected chi connectivity index (χ1v) is 7.32. The van der Waals surface area contributed by atoms with E-state index in [9.17, 15) is 9.59 Å². The van der Waals surface area contributed by atoms with Crippen molar-refractivity contribution in [2.24, 2.45) is 5.41 Å². The monoisotopic (exact) mass is 307 g/mol. The van der Waals surface area contributed by atoms with Crippen molar-refractivity contribution in [3.8, 4) is 6.07 Å². The van der Waals surface area contributed by atoms with Crippen molar-refractivity contribution in [3.05, 3.63) is 12.2 Å². The predicted octanol–water partition coefficient (Wildman–Crippen LogP) is 2.22. The van der Waals surface area contributed by atoms with Crippen LogP contribution in [0.5, 0.6) is 0 Å². The number of alkyl carbamates (subject to hydrolysis) is 1. The van der Waals surface area contributed by atoms with E-state index in [-0.39, 0.29) is 5.91 Å². The van der Waals surface area contributed by atoms with E-state index < -0.39 is 29.2 Å². The number of nitrogens with zero attached hydrogens (tertiary/aromatic N) is 2. The molecule has 0 radical (unpaired) electrons. The molecule has 0 aromatic heterocycles. The Bertz CT molecular complexity index is 506. The first kappa shape index (κ1) is 18.0. The molecule has 0 aromatic carbocycles. The van der Waals surface area contributed by atoms with Gasteiger partial charge in [-0.1, -0.05) is 26.8 Å². The van der Waals surface area contributed by atoms with Crippen molar-refractivity contribution in [2.45, 2.75) is 59.2 Å². The third-order valence-corrected chi connectivity index (χ3v) is 3.15. The highest BCUT2D eigenvalue weighted by molar-refractivity contribution is 5.87. The number of hydrogen-bond donors (Lipinski definition) is 1. The highest BCUT2D eigenvalue weighted by Crippen LogP contribution is 2.24. The minimum atomic E-state index is -0.766. The third-order valence-electron chi connectivity index (χ3n) is 3.15. The van der Waals surface area contributed by atoms with Gasteiger partial charge in [-0.3, -0.25) is 4.79 Å². The van der Waals surface area contributed by atoms with E-state index in [2.05, 4.69) is 11.4 Å². The molecule has 2 unspecified atom stereocenters. The summed E-state index contributed by atoms with van der Waals surface area (Å²) in [5.74, 6) is -0.282. The van der Waals surface area contributed by atoms with Gasteiger partial charge in [0.25, 0.3) is 0 Å². The number of ether oxygens (including phenoxy) is 1. The molecule has 0 fully saturated rings. The Hall–Kier alpha value is -2.03. The van der Waals surface area contributed by atoms with Gasteiger partial charge in [-0.15, -0.1) is 0 Å². The zero-order valence-electron chi connectivity index (χ0n) is 14.1. The van der Waals surface area contributed by atoms with Crippen molar-refractivity contribution in [1.29, 1.82) is 5.26 Å². The number of nitriles is 1. The molecule has 0 saturated carbocycles. The van der Waals surface area contributed by atoms with Gasteiger partial charge in [0.05, 0.1) is 6.07 Å². The molecule has 1 N–H and O–H groups in total. The molecule has 2 atom stereocenters. The van der Waals surface area contributed by atoms with Crippen LogP contribution >= 0.6 is 0 Å². The van der Waals surface area contributed by atoms with Crippen LogP contribution in [0.4, 0.5) is 4.79 Å². The molecule has 0 saturated heterocycles. The molecule has 122 valence electrons. The molecule has 1 aliphatic heterocycles. The fraction of sp³-hybridized carbons (Fsp3) is 0.688. The summed E-state index contributed by atoms with van der Waals surface area (Å²) in [5, 5.41) is 11.7. The molecule has 2 amide bonds. The number of rotatable bonds is 2. The molecular weight excluding hydrogens is 282 g/mol. The molecule has 0 aromatic rings. The summed E-state index contributed by atoms with van der Waals surface area (Å²) in [6.07, 6.45) is 2.82. The first-order valence-electron chi connectivity index (χ1n) is 7.32. The Balaban J connectivity index is 2.89. The number of amides is 2. The summed E-state index contributed by atoms with van der Waals surface area (Å²) in [6, 6.07) is 0.716. The van der Waals surface area contributed by atoms with Crippen molar-refractivity contribution in [1.82, 2.24) is 10.2 Å². The second kappa shape index (κ2) is 6.39. The van der Waals surface area contributed by atoms with Crippen LogP contribution in [0.25, 0.3) is 0 Å². The van der Waals surface area contributed by atoms with Crippen LogP contribution in [0.15, 0.2) is 12.2 Å². The van der Waals surface area contributed by atoms with E-state index in [1.165, 1.54) is 4.90 Å². The van der Waals surface area contributed by atoms with Gasteiger partial charge < -0.3 is 15.0 Å². The fourth-order valence-corrected chi connectivity index (χ4v) is 2.10. The highest BCUT2D eigenvalue weighted by Gasteiger charge is 2.39. The van der Waals surface area contributed by atoms with Crippen molar-refractivity contribution in [3.63, 3.8) is 0 Å². The van der Waals surface area contributed by atoms with Gasteiger partial charge in [0.2, 0.25) is 5.91 Å². The quantitative estimate of drug-likeness (QED) is 0.793. The molecule has 0 aliphatic carbocycles. The third kappa shape index (κ3) is 4.76. The van der Waals surface area contributed by atoms with Crippen LogP contribution in [-0.4, -0.2) is 41.1 Å². The summed E-state index contributed by atoms with van der Waals surface area (Å²) >= 11 is 0. The SMILES string of the molecule is CC(C)(C)OC(=O)NC(C(=O)N1CC=CC1C#N)C(C)(C)C. The van der Waals surface area contributed by atoms with Gasteiger partial charge in [-0.2, -0.15) is 5.26 Å². The van der Waals surface area contributed by atoms with E-state index in [0.29, 0.717) is 6.54 Å². The lowest BCUT2D eigenvalue weighted by Crippen LogP contribution is -2.56. The maximum atomic E-state index is 12.7. The number of hydrogen-bond acceptors (Lipinski definition) is 4. The van der Waals surface area contributed by atoms with Gasteiger partial charge >= 0.3 is 6.09 Å². The fourth-order valence-electron chi connectivity index (χ4n) is 2.10. The van der Waals surface area contributed by atoms with Crippen molar-refractivity contribution in [2.75, 3.05) is 6.54 Å². The second-order valence-electron chi connectivity index (χ2n) is 7.44. The highest BCUT2D eigenvalue weighted by atomic mass is 16.6. The van der Waals surface area contributed by atoms with E-state index >= 15 is 0 Å². The molecule has 1 rings (SSSR count). The van der Waals surface area contributed by atoms with Crippen LogP contribution in [0.1, 0.15) is 41.5 Å². The topological polar surface area (TPSA) is 82.4 Å². The van der Waals surface area contributed by atoms with Crippen LogP contribution in [-0.2, 0) is 9.53 Å². The van der Waals surface area contributed by atoms with E-state index in [4.69, 9.17) is 10.00 Å². The number of nitrogens with one attached hydrogen (secondary N) is 1. The molecule has 0 spiro atoms. The van der Waals surface area contributed by atoms with E-state index in [1.54, 1.807) is 32.9 Å². The van der Waals surface area contributed by atoms with Gasteiger partial charge in [-0.05, 0) is 32.3 Å². The molecule has 1 aliphatic rings. The lowest BCUT2D eigenvalue weighted by molar-refractivity contribution is -0.135. The summed E-state index contributed by atoms with van der Waals surface area (Å²) < 4.78 is 5.23. The summed E-state index contributed by atoms with van der Waals surface area (Å²) in [5.41, 5.74) is -1.14. The van der Waals surface area contributed by atoms with Gasteiger partial charge in [-0.25, -0.2) is 4.79 Å². The molecule has 22 heavy (non-hydrogen) atoms. The molecule has 0 bridgehead atoms. The smallest absolute Gasteiger partial charge is 0.408 e. The van der Waals surface area contributed by atoms with Gasteiger partial charge in [0.1, 0.15) is 17.7 Å². The summed E-state index contributed by atoms with van der Waals surface area (Å²) in [7, 11) is 0. The van der Waals surface area contributed by atoms with Gasteiger partial charge in [0, 0.05) is 6.54 Å². The maximum absolute atomic E-state index is 12.7. The molecular formula is C16H25N3O3. The normalized spacial score (nSPS) is 19.5. The Kier molecular flexibility index (Phi) is 5.23. The lowest BCUT2D eigenvalue weighted by atomic mass is 9.85. The predicted molar refractivity (Wildman–Crippen MR) is 82.9 cm³/mol. The largest absolute Gasteiger partial charge is 0.444 e. The summed E-state index contributed by atoms with van der Waals surface area (Å²) in [6.45, 7) is 11.2. The Labute approximate surface area is 132 Å². The van der Waals surface area contributed by atoms with E-state index in [0.717, 1.165) is 0 Å². The molecule has 6 nitrogen and oxygen atoms in total. The van der Waals surface area contributed by atoms with Crippen LogP contribution in [0.3, 0.4) is 0 Å². The zero-order valence-corrected chi connectivity index (χ0v) is 14.1. The minimum absolute atomic E-state index is 0.282. The Morgan fingerprint density at radius 2 is 1.91 bits per heavy atom. The van der Waals surface area contributed by atoms with Crippen molar-refractivity contribution >= 4 is 12.0 Å². The number of carbonyl (C=O) groups excluding carboxylic acids is 2. The Morgan fingerprint density at radius 3 is 2.36 bits per heavy atom. The second-order valence-corrected chi connectivity index (χ2v) is 7.44. The molecule has 1 heterocycles. The van der Waals surface area contributed by atoms with Gasteiger partial charge in [0.15, 0.2) is 0 Å². The van der Waals surface area contributed by atoms with Crippen LogP contribution in [0.2, 0.25) is 0 Å². The van der Waals surface area contributed by atoms with Crippen LogP contribution in [0, 0.1) is 16.7 Å². The average molecular weight is 307 g/mol. The van der Waals surface area contributed by atoms with E-state index in [1.807, 2.05) is 20.8 Å². The standard InChI is InChI=1S/C16H25N3O3/c1-15(2,3)12(18-14(21)22-16(4,5)6)13(20)19-9-7-8-11(19)10-17/h7-8,11-12H,9H2,1-6H3,(H,18,21). The summed E-state index contributed by atoms with van der Waals surface area (Å²) in [4.78, 5) is 26.2. The van der Waals surface area contributed by atoms with Crippen LogP contribution < -0.4 is 5.32 Å². The van der Waals surface area contributed by atoms with Crippen molar-refractivity contribution < 1.29 is 14.3 Å². The Morgan fingerprint density at radius 1 is 1.32 bits per heavy atom. The maximum Gasteiger partial charge on any atom is 0.408 e. The lowest BCUT2D eigenvalue weighted by Gasteiger charge is -2.34. The number of carbonyl (C=O) groups is 2. The zero-order chi connectivity index (χ0) is 17.1.